The SMILES string of the molecule is C=C.C=COC(=O)N1CC(C)OC(C)C1.CC.CC12CCC3C=CCCC3C1CCC2O.CCC(C)CC.CCSCCCC(F)(F)C(F)(F)F. The van der Waals surface area contributed by atoms with Crippen LogP contribution in [0.5, 0.6) is 0 Å². The van der Waals surface area contributed by atoms with Crippen molar-refractivity contribution < 1.29 is 41.3 Å². The maximum Gasteiger partial charge on any atom is 0.453 e. The van der Waals surface area contributed by atoms with E-state index in [2.05, 4.69) is 64.3 Å². The average molecular weight is 758 g/mol. The maximum atomic E-state index is 12.2. The summed E-state index contributed by atoms with van der Waals surface area (Å²) in [4.78, 5) is 12.9. The van der Waals surface area contributed by atoms with E-state index in [1.165, 1.54) is 56.7 Å². The molecule has 7 atom stereocenters. The van der Waals surface area contributed by atoms with E-state index in [9.17, 15) is 31.9 Å². The number of fused-ring (bicyclic) bond motifs is 3. The van der Waals surface area contributed by atoms with Crippen LogP contribution in [0.4, 0.5) is 26.7 Å². The molecule has 0 radical (unpaired) electrons. The summed E-state index contributed by atoms with van der Waals surface area (Å²) in [6, 6.07) is 0. The number of aliphatic hydroxyl groups is 1. The van der Waals surface area contributed by atoms with E-state index in [1.54, 1.807) is 4.90 Å². The first kappa shape index (κ1) is 51.5. The van der Waals surface area contributed by atoms with Crippen LogP contribution in [-0.2, 0) is 9.47 Å². The van der Waals surface area contributed by atoms with Crippen LogP contribution in [0.1, 0.15) is 127 Å². The van der Waals surface area contributed by atoms with Gasteiger partial charge in [0, 0.05) is 6.42 Å². The zero-order chi connectivity index (χ0) is 39.8. The molecule has 4 aliphatic rings. The molecule has 0 bridgehead atoms. The second-order valence-corrected chi connectivity index (χ2v) is 15.1. The molecular weight excluding hydrogens is 686 g/mol. The van der Waals surface area contributed by atoms with E-state index in [-0.39, 0.29) is 36.2 Å². The summed E-state index contributed by atoms with van der Waals surface area (Å²) in [5, 5.41) is 10.2. The lowest BCUT2D eigenvalue weighted by molar-refractivity contribution is -0.284. The number of morpholine rings is 1. The Kier molecular flexibility index (Phi) is 27.3. The molecule has 3 fully saturated rings. The van der Waals surface area contributed by atoms with Crippen LogP contribution in [0, 0.1) is 29.1 Å². The Morgan fingerprint density at radius 2 is 1.63 bits per heavy atom. The number of ether oxygens (including phenoxy) is 2. The molecule has 1 aliphatic heterocycles. The average Bonchev–Trinajstić information content (AvgIpc) is 3.42. The minimum atomic E-state index is -5.40. The minimum absolute atomic E-state index is 0.0191. The number of hydrogen-bond acceptors (Lipinski definition) is 5. The highest BCUT2D eigenvalue weighted by Gasteiger charge is 2.56. The van der Waals surface area contributed by atoms with Crippen molar-refractivity contribution in [2.75, 3.05) is 24.6 Å². The number of allylic oxidation sites excluding steroid dienone is 2. The fourth-order valence-electron chi connectivity index (χ4n) is 6.95. The van der Waals surface area contributed by atoms with E-state index in [1.807, 2.05) is 34.6 Å². The maximum absolute atomic E-state index is 12.2. The molecule has 1 saturated heterocycles. The highest BCUT2D eigenvalue weighted by atomic mass is 32.2. The molecular formula is C40H72F5NO4S. The van der Waals surface area contributed by atoms with Crippen molar-refractivity contribution in [3.8, 4) is 0 Å². The van der Waals surface area contributed by atoms with Crippen molar-refractivity contribution in [2.45, 2.75) is 157 Å². The fraction of sp³-hybridized carbons (Fsp3) is 0.825. The number of amides is 1. The Morgan fingerprint density at radius 3 is 2.10 bits per heavy atom. The van der Waals surface area contributed by atoms with Gasteiger partial charge in [-0.2, -0.15) is 33.7 Å². The number of nitrogens with zero attached hydrogens (tertiary/aromatic N) is 1. The Labute approximate surface area is 312 Å². The molecule has 0 aromatic rings. The van der Waals surface area contributed by atoms with Crippen LogP contribution in [0.2, 0.25) is 0 Å². The van der Waals surface area contributed by atoms with Gasteiger partial charge in [0.2, 0.25) is 0 Å². The van der Waals surface area contributed by atoms with Crippen molar-refractivity contribution in [1.82, 2.24) is 4.90 Å². The quantitative estimate of drug-likeness (QED) is 0.116. The number of hydrogen-bond donors (Lipinski definition) is 1. The largest absolute Gasteiger partial charge is 0.453 e. The van der Waals surface area contributed by atoms with Crippen molar-refractivity contribution >= 4 is 17.9 Å². The number of carbonyl (C=O) groups is 1. The van der Waals surface area contributed by atoms with Gasteiger partial charge < -0.3 is 19.5 Å². The van der Waals surface area contributed by atoms with Crippen molar-refractivity contribution in [2.24, 2.45) is 29.1 Å². The third kappa shape index (κ3) is 18.3. The molecule has 2 saturated carbocycles. The zero-order valence-electron chi connectivity index (χ0n) is 33.2. The van der Waals surface area contributed by atoms with Crippen LogP contribution >= 0.6 is 11.8 Å². The molecule has 3 aliphatic carbocycles. The van der Waals surface area contributed by atoms with Crippen LogP contribution in [0.3, 0.4) is 0 Å². The number of aliphatic hydroxyl groups excluding tert-OH is 1. The molecule has 1 heterocycles. The Morgan fingerprint density at radius 1 is 1.06 bits per heavy atom. The molecule has 302 valence electrons. The van der Waals surface area contributed by atoms with Gasteiger partial charge in [-0.25, -0.2) is 4.79 Å². The van der Waals surface area contributed by atoms with Gasteiger partial charge >= 0.3 is 18.2 Å². The number of halogens is 5. The molecule has 0 spiro atoms. The van der Waals surface area contributed by atoms with E-state index >= 15 is 0 Å². The smallest absolute Gasteiger partial charge is 0.419 e. The first-order chi connectivity index (χ1) is 24.0. The van der Waals surface area contributed by atoms with E-state index in [0.29, 0.717) is 18.8 Å². The van der Waals surface area contributed by atoms with E-state index in [4.69, 9.17) is 4.74 Å². The Balaban J connectivity index is 0. The van der Waals surface area contributed by atoms with Gasteiger partial charge in [-0.1, -0.05) is 80.0 Å². The number of rotatable bonds is 8. The second kappa shape index (κ2) is 27.1. The topological polar surface area (TPSA) is 59.0 Å². The summed E-state index contributed by atoms with van der Waals surface area (Å²) in [7, 11) is 0. The lowest BCUT2D eigenvalue weighted by atomic mass is 9.58. The predicted octanol–water partition coefficient (Wildman–Crippen LogP) is 12.5. The fourth-order valence-corrected chi connectivity index (χ4v) is 7.58. The predicted molar refractivity (Wildman–Crippen MR) is 205 cm³/mol. The molecule has 51 heavy (non-hydrogen) atoms. The molecule has 1 N–H and O–H groups in total. The molecule has 4 rings (SSSR count). The standard InChI is InChI=1S/C14H22O.C9H15NO3.C7H11F5S.C6H14.C2H6.C2H4/c1-14-9-8-10-4-2-3-5-11(10)12(14)6-7-13(14)15;1-4-12-9(11)10-5-7(2)13-8(3)6-10;1-2-13-5-3-4-6(8,9)7(10,11)12;1-4-6(3)5-2;2*1-2/h2,4,10-13,15H,3,5-9H2,1H3;4,7-8H,1,5-6H2,2-3H3;2-5H2,1H3;6H,4-5H2,1-3H3;1-2H3;1-2H2. The summed E-state index contributed by atoms with van der Waals surface area (Å²) >= 11 is 1.36. The molecule has 5 nitrogen and oxygen atoms in total. The summed E-state index contributed by atoms with van der Waals surface area (Å²) < 4.78 is 69.3. The van der Waals surface area contributed by atoms with Gasteiger partial charge in [0.05, 0.1) is 37.7 Å². The van der Waals surface area contributed by atoms with Crippen molar-refractivity contribution in [3.63, 3.8) is 0 Å². The summed E-state index contributed by atoms with van der Waals surface area (Å²) in [5.41, 5.74) is 0.256. The first-order valence-corrected chi connectivity index (χ1v) is 20.2. The Bertz CT molecular complexity index is 938. The summed E-state index contributed by atoms with van der Waals surface area (Å²) in [6.07, 6.45) is 9.30. The zero-order valence-corrected chi connectivity index (χ0v) is 34.0. The van der Waals surface area contributed by atoms with Gasteiger partial charge in [-0.3, -0.25) is 0 Å². The minimum Gasteiger partial charge on any atom is -0.419 e. The van der Waals surface area contributed by atoms with Crippen LogP contribution < -0.4 is 0 Å². The van der Waals surface area contributed by atoms with Gasteiger partial charge in [0.25, 0.3) is 0 Å². The van der Waals surface area contributed by atoms with E-state index < -0.39 is 18.5 Å². The first-order valence-electron chi connectivity index (χ1n) is 19.1. The summed E-state index contributed by atoms with van der Waals surface area (Å²) in [5.74, 6) is 0.00959. The van der Waals surface area contributed by atoms with Crippen LogP contribution in [0.15, 0.2) is 38.2 Å². The number of thioether (sulfide) groups is 1. The normalized spacial score (nSPS) is 27.8. The van der Waals surface area contributed by atoms with Crippen molar-refractivity contribution in [3.05, 3.63) is 38.2 Å². The third-order valence-electron chi connectivity index (χ3n) is 10.1. The van der Waals surface area contributed by atoms with Gasteiger partial charge in [0.1, 0.15) is 0 Å². The second-order valence-electron chi connectivity index (χ2n) is 13.7. The molecule has 11 heteroatoms. The highest BCUT2D eigenvalue weighted by Crippen LogP contribution is 2.58. The van der Waals surface area contributed by atoms with Gasteiger partial charge in [0.15, 0.2) is 0 Å². The van der Waals surface area contributed by atoms with Crippen LogP contribution in [-0.4, -0.2) is 71.1 Å². The van der Waals surface area contributed by atoms with E-state index in [0.717, 1.165) is 42.1 Å². The molecule has 0 aromatic carbocycles. The highest BCUT2D eigenvalue weighted by molar-refractivity contribution is 7.99. The molecule has 0 aromatic heterocycles. The van der Waals surface area contributed by atoms with Gasteiger partial charge in [-0.05, 0) is 99.4 Å². The van der Waals surface area contributed by atoms with Crippen molar-refractivity contribution in [1.29, 1.82) is 0 Å². The monoisotopic (exact) mass is 758 g/mol. The lowest BCUT2D eigenvalue weighted by Gasteiger charge is -2.48. The number of carbonyl (C=O) groups excluding carboxylic acids is 1. The molecule has 1 amide bonds. The molecule has 7 unspecified atom stereocenters. The third-order valence-corrected chi connectivity index (χ3v) is 11.1. The van der Waals surface area contributed by atoms with Crippen LogP contribution in [0.25, 0.3) is 0 Å². The lowest BCUT2D eigenvalue weighted by Crippen LogP contribution is -2.48. The van der Waals surface area contributed by atoms with Gasteiger partial charge in [-0.15, -0.1) is 13.2 Å². The summed E-state index contributed by atoms with van der Waals surface area (Å²) in [6.45, 7) is 29.3. The number of alkyl halides is 5. The Hall–Kier alpha value is -1.59.